The van der Waals surface area contributed by atoms with E-state index in [4.69, 9.17) is 9.47 Å². The molecule has 3 aromatic carbocycles. The SMILES string of the molecule is CS(=O)(=O)c1ccc(C2=C(c3ccc4c(c3)CCO4)Cc3ccccc3O2)cc1. The summed E-state index contributed by atoms with van der Waals surface area (Å²) in [5, 5.41) is 0. The minimum Gasteiger partial charge on any atom is -0.493 e. The summed E-state index contributed by atoms with van der Waals surface area (Å²) in [4.78, 5) is 0.300. The maximum absolute atomic E-state index is 11.8. The molecule has 2 aliphatic heterocycles. The lowest BCUT2D eigenvalue weighted by atomic mass is 9.91. The highest BCUT2D eigenvalue weighted by Crippen LogP contribution is 2.40. The van der Waals surface area contributed by atoms with Gasteiger partial charge in [0.15, 0.2) is 9.84 Å². The fourth-order valence-corrected chi connectivity index (χ4v) is 4.52. The van der Waals surface area contributed by atoms with Gasteiger partial charge < -0.3 is 9.47 Å². The molecule has 0 amide bonds. The van der Waals surface area contributed by atoms with Crippen molar-refractivity contribution < 1.29 is 17.9 Å². The van der Waals surface area contributed by atoms with Gasteiger partial charge in [-0.15, -0.1) is 0 Å². The Bertz CT molecular complexity index is 1240. The van der Waals surface area contributed by atoms with Crippen LogP contribution in [0.25, 0.3) is 11.3 Å². The van der Waals surface area contributed by atoms with Gasteiger partial charge in [0.25, 0.3) is 0 Å². The lowest BCUT2D eigenvalue weighted by Crippen LogP contribution is -2.09. The van der Waals surface area contributed by atoms with E-state index < -0.39 is 9.84 Å². The molecule has 0 aromatic heterocycles. The minimum atomic E-state index is -3.24. The predicted molar refractivity (Wildman–Crippen MR) is 113 cm³/mol. The number of rotatable bonds is 3. The Balaban J connectivity index is 1.65. The van der Waals surface area contributed by atoms with Crippen LogP contribution in [-0.4, -0.2) is 21.3 Å². The summed E-state index contributed by atoms with van der Waals surface area (Å²) in [7, 11) is -3.24. The summed E-state index contributed by atoms with van der Waals surface area (Å²) in [6.45, 7) is 0.719. The summed E-state index contributed by atoms with van der Waals surface area (Å²) < 4.78 is 35.6. The van der Waals surface area contributed by atoms with E-state index in [0.717, 1.165) is 59.0 Å². The van der Waals surface area contributed by atoms with Crippen LogP contribution in [0.3, 0.4) is 0 Å². The Hall–Kier alpha value is -3.05. The van der Waals surface area contributed by atoms with Crippen LogP contribution in [0.2, 0.25) is 0 Å². The molecule has 0 atom stereocenters. The van der Waals surface area contributed by atoms with Crippen molar-refractivity contribution >= 4 is 21.2 Å². The van der Waals surface area contributed by atoms with Crippen LogP contribution in [-0.2, 0) is 22.7 Å². The zero-order valence-corrected chi connectivity index (χ0v) is 16.8. The number of allylic oxidation sites excluding steroid dienone is 1. The van der Waals surface area contributed by atoms with E-state index in [1.807, 2.05) is 36.4 Å². The Morgan fingerprint density at radius 2 is 1.59 bits per heavy atom. The smallest absolute Gasteiger partial charge is 0.175 e. The normalized spacial score (nSPS) is 15.3. The molecule has 0 fully saturated rings. The topological polar surface area (TPSA) is 52.6 Å². The minimum absolute atomic E-state index is 0.300. The molecule has 0 bridgehead atoms. The van der Waals surface area contributed by atoms with Crippen LogP contribution in [0, 0.1) is 0 Å². The molecule has 0 unspecified atom stereocenters. The molecule has 2 aliphatic rings. The first-order chi connectivity index (χ1) is 14.0. The van der Waals surface area contributed by atoms with Gasteiger partial charge in [0.2, 0.25) is 0 Å². The quantitative estimate of drug-likeness (QED) is 0.644. The van der Waals surface area contributed by atoms with Crippen molar-refractivity contribution in [1.29, 1.82) is 0 Å². The molecule has 0 spiro atoms. The molecule has 29 heavy (non-hydrogen) atoms. The van der Waals surface area contributed by atoms with Crippen molar-refractivity contribution in [2.75, 3.05) is 12.9 Å². The number of hydrogen-bond acceptors (Lipinski definition) is 4. The van der Waals surface area contributed by atoms with E-state index in [0.29, 0.717) is 4.90 Å². The van der Waals surface area contributed by atoms with Gasteiger partial charge in [-0.3, -0.25) is 0 Å². The fraction of sp³-hybridized carbons (Fsp3) is 0.167. The maximum atomic E-state index is 11.8. The average Bonchev–Trinajstić information content (AvgIpc) is 3.20. The van der Waals surface area contributed by atoms with Crippen LogP contribution in [0.15, 0.2) is 71.6 Å². The summed E-state index contributed by atoms with van der Waals surface area (Å²) in [5.41, 5.74) is 5.39. The third kappa shape index (κ3) is 3.32. The van der Waals surface area contributed by atoms with Gasteiger partial charge in [0.05, 0.1) is 11.5 Å². The van der Waals surface area contributed by atoms with E-state index >= 15 is 0 Å². The Morgan fingerprint density at radius 1 is 0.828 bits per heavy atom. The molecule has 4 nitrogen and oxygen atoms in total. The second-order valence-electron chi connectivity index (χ2n) is 7.41. The first kappa shape index (κ1) is 18.0. The van der Waals surface area contributed by atoms with Crippen molar-refractivity contribution in [1.82, 2.24) is 0 Å². The molecule has 0 aliphatic carbocycles. The molecular weight excluding hydrogens is 384 g/mol. The van der Waals surface area contributed by atoms with Crippen LogP contribution in [0.5, 0.6) is 11.5 Å². The van der Waals surface area contributed by atoms with Crippen molar-refractivity contribution in [3.8, 4) is 11.5 Å². The predicted octanol–water partition coefficient (Wildman–Crippen LogP) is 4.53. The van der Waals surface area contributed by atoms with E-state index in [-0.39, 0.29) is 0 Å². The van der Waals surface area contributed by atoms with E-state index in [2.05, 4.69) is 18.2 Å². The first-order valence-corrected chi connectivity index (χ1v) is 11.4. The largest absolute Gasteiger partial charge is 0.493 e. The number of para-hydroxylation sites is 1. The highest BCUT2D eigenvalue weighted by atomic mass is 32.2. The van der Waals surface area contributed by atoms with Gasteiger partial charge in [0.1, 0.15) is 17.3 Å². The number of benzene rings is 3. The molecule has 2 heterocycles. The molecular formula is C24H20O4S. The van der Waals surface area contributed by atoms with Crippen molar-refractivity contribution in [3.05, 3.63) is 89.0 Å². The highest BCUT2D eigenvalue weighted by Gasteiger charge is 2.24. The van der Waals surface area contributed by atoms with Gasteiger partial charge in [-0.1, -0.05) is 24.3 Å². The number of fused-ring (bicyclic) bond motifs is 2. The van der Waals surface area contributed by atoms with Gasteiger partial charge in [0, 0.05) is 30.2 Å². The molecule has 3 aromatic rings. The number of ether oxygens (including phenoxy) is 2. The maximum Gasteiger partial charge on any atom is 0.175 e. The van der Waals surface area contributed by atoms with E-state index in [1.54, 1.807) is 12.1 Å². The standard InChI is InChI=1S/C24H20O4S/c1-29(25,26)20-9-6-16(7-10-20)24-21(15-18-4-2-3-5-23(18)28-24)17-8-11-22-19(14-17)12-13-27-22/h2-11,14H,12-13,15H2,1H3. The van der Waals surface area contributed by atoms with Crippen LogP contribution in [0.4, 0.5) is 0 Å². The van der Waals surface area contributed by atoms with E-state index in [1.165, 1.54) is 11.8 Å². The van der Waals surface area contributed by atoms with Crippen LogP contribution in [0.1, 0.15) is 22.3 Å². The van der Waals surface area contributed by atoms with Crippen LogP contribution >= 0.6 is 0 Å². The summed E-state index contributed by atoms with van der Waals surface area (Å²) in [6, 6.07) is 21.2. The zero-order valence-electron chi connectivity index (χ0n) is 16.0. The monoisotopic (exact) mass is 404 g/mol. The molecule has 0 radical (unpaired) electrons. The summed E-state index contributed by atoms with van der Waals surface area (Å²) in [6.07, 6.45) is 2.87. The molecule has 0 N–H and O–H groups in total. The van der Waals surface area contributed by atoms with Gasteiger partial charge in [-0.05, 0) is 59.2 Å². The molecule has 5 heteroatoms. The van der Waals surface area contributed by atoms with Crippen molar-refractivity contribution in [3.63, 3.8) is 0 Å². The summed E-state index contributed by atoms with van der Waals surface area (Å²) in [5.74, 6) is 2.55. The molecule has 0 saturated heterocycles. The Kier molecular flexibility index (Phi) is 4.21. The first-order valence-electron chi connectivity index (χ1n) is 9.54. The third-order valence-corrected chi connectivity index (χ3v) is 6.54. The Morgan fingerprint density at radius 3 is 2.38 bits per heavy atom. The van der Waals surface area contributed by atoms with E-state index in [9.17, 15) is 8.42 Å². The van der Waals surface area contributed by atoms with Gasteiger partial charge in [-0.25, -0.2) is 8.42 Å². The fourth-order valence-electron chi connectivity index (χ4n) is 3.89. The van der Waals surface area contributed by atoms with Gasteiger partial charge in [-0.2, -0.15) is 0 Å². The van der Waals surface area contributed by atoms with Crippen LogP contribution < -0.4 is 9.47 Å². The number of sulfone groups is 1. The average molecular weight is 404 g/mol. The second-order valence-corrected chi connectivity index (χ2v) is 9.43. The zero-order chi connectivity index (χ0) is 20.0. The lowest BCUT2D eigenvalue weighted by molar-refractivity contribution is 0.357. The van der Waals surface area contributed by atoms with Crippen molar-refractivity contribution in [2.45, 2.75) is 17.7 Å². The Labute approximate surface area is 170 Å². The summed E-state index contributed by atoms with van der Waals surface area (Å²) >= 11 is 0. The second kappa shape index (κ2) is 6.78. The number of hydrogen-bond donors (Lipinski definition) is 0. The molecule has 146 valence electrons. The van der Waals surface area contributed by atoms with Gasteiger partial charge >= 0.3 is 0 Å². The lowest BCUT2D eigenvalue weighted by Gasteiger charge is -2.24. The van der Waals surface area contributed by atoms with Crippen molar-refractivity contribution in [2.24, 2.45) is 0 Å². The molecule has 5 rings (SSSR count). The molecule has 0 saturated carbocycles. The third-order valence-electron chi connectivity index (χ3n) is 5.41. The highest BCUT2D eigenvalue weighted by molar-refractivity contribution is 7.90.